The Morgan fingerprint density at radius 3 is 2.90 bits per heavy atom. The molecule has 1 rings (SSSR count). The molecular formula is C5H9N3O2. The van der Waals surface area contributed by atoms with E-state index in [0.29, 0.717) is 0 Å². The van der Waals surface area contributed by atoms with E-state index in [1.54, 1.807) is 7.05 Å². The highest BCUT2D eigenvalue weighted by Crippen LogP contribution is 1.76. The maximum Gasteiger partial charge on any atom is 0.347 e. The Bertz CT molecular complexity index is 262. The van der Waals surface area contributed by atoms with Crippen LogP contribution in [-0.4, -0.2) is 21.5 Å². The van der Waals surface area contributed by atoms with Gasteiger partial charge in [0.25, 0.3) is 0 Å². The van der Waals surface area contributed by atoms with Gasteiger partial charge in [-0.05, 0) is 0 Å². The van der Waals surface area contributed by atoms with E-state index in [2.05, 4.69) is 5.10 Å². The van der Waals surface area contributed by atoms with Gasteiger partial charge in [-0.2, -0.15) is 5.10 Å². The van der Waals surface area contributed by atoms with Gasteiger partial charge in [-0.3, -0.25) is 4.57 Å². The molecule has 10 heavy (non-hydrogen) atoms. The Morgan fingerprint density at radius 2 is 2.50 bits per heavy atom. The van der Waals surface area contributed by atoms with Crippen molar-refractivity contribution >= 4 is 0 Å². The molecule has 1 aromatic heterocycles. The first-order chi connectivity index (χ1) is 4.75. The third-order valence-corrected chi connectivity index (χ3v) is 1.15. The topological polar surface area (TPSA) is 49.0 Å². The molecule has 5 nitrogen and oxygen atoms in total. The molecule has 0 saturated heterocycles. The summed E-state index contributed by atoms with van der Waals surface area (Å²) in [6.07, 6.45) is 1.44. The number of hydrogen-bond acceptors (Lipinski definition) is 3. The molecule has 0 saturated carbocycles. The first kappa shape index (κ1) is 7.01. The molecule has 0 aliphatic rings. The Balaban J connectivity index is 2.95. The Morgan fingerprint density at radius 1 is 1.80 bits per heavy atom. The van der Waals surface area contributed by atoms with Gasteiger partial charge in [0.05, 0.1) is 0 Å². The molecule has 0 bridgehead atoms. The number of rotatable bonds is 2. The Hall–Kier alpha value is -1.10. The highest BCUT2D eigenvalue weighted by atomic mass is 16.5. The monoisotopic (exact) mass is 143 g/mol. The summed E-state index contributed by atoms with van der Waals surface area (Å²) in [4.78, 5) is 10.9. The summed E-state index contributed by atoms with van der Waals surface area (Å²) in [6, 6.07) is 0. The van der Waals surface area contributed by atoms with Crippen molar-refractivity contribution in [1.82, 2.24) is 14.3 Å². The molecule has 5 heteroatoms. The summed E-state index contributed by atoms with van der Waals surface area (Å²) in [7, 11) is 3.12. The van der Waals surface area contributed by atoms with Crippen LogP contribution in [0.25, 0.3) is 0 Å². The van der Waals surface area contributed by atoms with Crippen molar-refractivity contribution in [2.75, 3.05) is 7.11 Å². The lowest BCUT2D eigenvalue weighted by Crippen LogP contribution is -2.22. The number of hydrogen-bond donors (Lipinski definition) is 0. The second-order valence-corrected chi connectivity index (χ2v) is 1.92. The summed E-state index contributed by atoms with van der Waals surface area (Å²) < 4.78 is 7.36. The Kier molecular flexibility index (Phi) is 1.86. The van der Waals surface area contributed by atoms with Gasteiger partial charge in [-0.1, -0.05) is 0 Å². The fraction of sp³-hybridized carbons (Fsp3) is 0.600. The first-order valence-electron chi connectivity index (χ1n) is 2.83. The van der Waals surface area contributed by atoms with Gasteiger partial charge in [-0.25, -0.2) is 9.48 Å². The summed E-state index contributed by atoms with van der Waals surface area (Å²) in [6.45, 7) is 0.257. The van der Waals surface area contributed by atoms with Crippen LogP contribution in [-0.2, 0) is 18.5 Å². The van der Waals surface area contributed by atoms with Crippen LogP contribution in [0.5, 0.6) is 0 Å². The van der Waals surface area contributed by atoms with Gasteiger partial charge >= 0.3 is 5.69 Å². The van der Waals surface area contributed by atoms with E-state index in [1.807, 2.05) is 0 Å². The molecule has 0 radical (unpaired) electrons. The molecule has 0 aliphatic carbocycles. The number of aryl methyl sites for hydroxylation is 1. The molecular weight excluding hydrogens is 134 g/mol. The van der Waals surface area contributed by atoms with Crippen LogP contribution >= 0.6 is 0 Å². The molecule has 0 spiro atoms. The molecule has 0 aliphatic heterocycles. The molecule has 0 aromatic carbocycles. The maximum absolute atomic E-state index is 10.9. The third kappa shape index (κ3) is 1.08. The normalized spacial score (nSPS) is 10.2. The summed E-state index contributed by atoms with van der Waals surface area (Å²) >= 11 is 0. The summed E-state index contributed by atoms with van der Waals surface area (Å²) in [5.41, 5.74) is -0.165. The SMILES string of the molecule is COCn1cnn(C)c1=O. The average molecular weight is 143 g/mol. The standard InChI is InChI=1S/C5H9N3O2/c1-7-5(9)8(3-6-7)4-10-2/h3H,4H2,1-2H3. The van der Waals surface area contributed by atoms with Gasteiger partial charge in [0.2, 0.25) is 0 Å². The largest absolute Gasteiger partial charge is 0.364 e. The van der Waals surface area contributed by atoms with E-state index < -0.39 is 0 Å². The second kappa shape index (κ2) is 2.66. The van der Waals surface area contributed by atoms with E-state index in [0.717, 1.165) is 0 Å². The molecule has 0 atom stereocenters. The molecule has 1 aromatic rings. The molecule has 0 fully saturated rings. The second-order valence-electron chi connectivity index (χ2n) is 1.92. The van der Waals surface area contributed by atoms with Crippen molar-refractivity contribution in [3.8, 4) is 0 Å². The van der Waals surface area contributed by atoms with Crippen LogP contribution in [0, 0.1) is 0 Å². The zero-order valence-electron chi connectivity index (χ0n) is 5.94. The first-order valence-corrected chi connectivity index (χ1v) is 2.83. The number of nitrogens with zero attached hydrogens (tertiary/aromatic N) is 3. The van der Waals surface area contributed by atoms with Crippen molar-refractivity contribution in [2.24, 2.45) is 7.05 Å². The van der Waals surface area contributed by atoms with Crippen molar-refractivity contribution in [3.63, 3.8) is 0 Å². The lowest BCUT2D eigenvalue weighted by atomic mass is 11.0. The zero-order valence-corrected chi connectivity index (χ0v) is 5.94. The Labute approximate surface area is 57.8 Å². The predicted octanol–water partition coefficient (Wildman–Crippen LogP) is -0.814. The van der Waals surface area contributed by atoms with Gasteiger partial charge in [0.15, 0.2) is 0 Å². The van der Waals surface area contributed by atoms with Crippen molar-refractivity contribution < 1.29 is 4.74 Å². The van der Waals surface area contributed by atoms with E-state index in [4.69, 9.17) is 4.74 Å². The van der Waals surface area contributed by atoms with Crippen LogP contribution in [0.15, 0.2) is 11.1 Å². The van der Waals surface area contributed by atoms with Crippen molar-refractivity contribution in [2.45, 2.75) is 6.73 Å². The van der Waals surface area contributed by atoms with E-state index in [9.17, 15) is 4.79 Å². The van der Waals surface area contributed by atoms with E-state index >= 15 is 0 Å². The third-order valence-electron chi connectivity index (χ3n) is 1.15. The van der Waals surface area contributed by atoms with Crippen molar-refractivity contribution in [3.05, 3.63) is 16.8 Å². The average Bonchev–Trinajstić information content (AvgIpc) is 2.20. The zero-order chi connectivity index (χ0) is 7.56. The fourth-order valence-electron chi connectivity index (χ4n) is 0.652. The fourth-order valence-corrected chi connectivity index (χ4v) is 0.652. The number of ether oxygens (including phenoxy) is 1. The van der Waals surface area contributed by atoms with Crippen LogP contribution in [0.4, 0.5) is 0 Å². The minimum atomic E-state index is -0.165. The lowest BCUT2D eigenvalue weighted by Gasteiger charge is -1.93. The molecule has 1 heterocycles. The smallest absolute Gasteiger partial charge is 0.347 e. The highest BCUT2D eigenvalue weighted by Gasteiger charge is 1.97. The molecule has 56 valence electrons. The van der Waals surface area contributed by atoms with Crippen LogP contribution in [0.1, 0.15) is 0 Å². The number of methoxy groups -OCH3 is 1. The predicted molar refractivity (Wildman–Crippen MR) is 34.5 cm³/mol. The van der Waals surface area contributed by atoms with Crippen LogP contribution in [0.2, 0.25) is 0 Å². The maximum atomic E-state index is 10.9. The quantitative estimate of drug-likeness (QED) is 0.543. The number of aromatic nitrogens is 3. The minimum absolute atomic E-state index is 0.165. The molecule has 0 N–H and O–H groups in total. The summed E-state index contributed by atoms with van der Waals surface area (Å²) in [5, 5.41) is 3.72. The minimum Gasteiger partial charge on any atom is -0.364 e. The van der Waals surface area contributed by atoms with Crippen LogP contribution < -0.4 is 5.69 Å². The van der Waals surface area contributed by atoms with Gasteiger partial charge in [-0.15, -0.1) is 0 Å². The summed E-state index contributed by atoms with van der Waals surface area (Å²) in [5.74, 6) is 0. The van der Waals surface area contributed by atoms with E-state index in [-0.39, 0.29) is 12.4 Å². The lowest BCUT2D eigenvalue weighted by molar-refractivity contribution is 0.128. The highest BCUT2D eigenvalue weighted by molar-refractivity contribution is 4.63. The van der Waals surface area contributed by atoms with Crippen molar-refractivity contribution in [1.29, 1.82) is 0 Å². The van der Waals surface area contributed by atoms with Gasteiger partial charge in [0, 0.05) is 14.2 Å². The van der Waals surface area contributed by atoms with Gasteiger partial charge in [0.1, 0.15) is 13.1 Å². The molecule has 0 amide bonds. The van der Waals surface area contributed by atoms with Crippen LogP contribution in [0.3, 0.4) is 0 Å². The van der Waals surface area contributed by atoms with Gasteiger partial charge < -0.3 is 4.74 Å². The molecule has 0 unspecified atom stereocenters. The van der Waals surface area contributed by atoms with E-state index in [1.165, 1.54) is 22.7 Å².